The van der Waals surface area contributed by atoms with Crippen LogP contribution in [0, 0.1) is 5.92 Å². The molecule has 0 aliphatic carbocycles. The van der Waals surface area contributed by atoms with Gasteiger partial charge in [-0.1, -0.05) is 36.7 Å². The summed E-state index contributed by atoms with van der Waals surface area (Å²) < 4.78 is 11.5. The van der Waals surface area contributed by atoms with Gasteiger partial charge < -0.3 is 19.7 Å². The van der Waals surface area contributed by atoms with Gasteiger partial charge in [0, 0.05) is 37.0 Å². The molecule has 33 heavy (non-hydrogen) atoms. The molecular formula is C27H35ClN2O3. The Kier molecular flexibility index (Phi) is 8.29. The van der Waals surface area contributed by atoms with Gasteiger partial charge in [0.2, 0.25) is 5.91 Å². The summed E-state index contributed by atoms with van der Waals surface area (Å²) in [5.74, 6) is 1.59. The van der Waals surface area contributed by atoms with Crippen LogP contribution in [0.4, 0.5) is 5.69 Å². The molecule has 1 N–H and O–H groups in total. The Labute approximate surface area is 202 Å². The van der Waals surface area contributed by atoms with E-state index in [9.17, 15) is 4.79 Å². The van der Waals surface area contributed by atoms with E-state index in [1.165, 1.54) is 25.9 Å². The van der Waals surface area contributed by atoms with Crippen LogP contribution in [0.25, 0.3) is 0 Å². The van der Waals surface area contributed by atoms with E-state index in [1.807, 2.05) is 48.5 Å². The summed E-state index contributed by atoms with van der Waals surface area (Å²) in [5, 5.41) is 3.73. The number of carbonyl (C=O) groups excluding carboxylic acids is 1. The average molecular weight is 471 g/mol. The predicted molar refractivity (Wildman–Crippen MR) is 133 cm³/mol. The summed E-state index contributed by atoms with van der Waals surface area (Å²) in [6.07, 6.45) is 4.90. The third-order valence-corrected chi connectivity index (χ3v) is 7.24. The first kappa shape index (κ1) is 24.1. The van der Waals surface area contributed by atoms with Crippen molar-refractivity contribution >= 4 is 23.2 Å². The highest BCUT2D eigenvalue weighted by molar-refractivity contribution is 6.31. The number of amides is 1. The zero-order valence-electron chi connectivity index (χ0n) is 19.5. The number of nitrogens with zero attached hydrogens (tertiary/aromatic N) is 1. The van der Waals surface area contributed by atoms with Gasteiger partial charge in [-0.05, 0) is 80.5 Å². The summed E-state index contributed by atoms with van der Waals surface area (Å²) >= 11 is 6.49. The average Bonchev–Trinajstić information content (AvgIpc) is 2.83. The second kappa shape index (κ2) is 11.4. The second-order valence-corrected chi connectivity index (χ2v) is 9.81. The monoisotopic (exact) mass is 470 g/mol. The molecule has 5 nitrogen and oxygen atoms in total. The Balaban J connectivity index is 1.32. The van der Waals surface area contributed by atoms with E-state index in [0.29, 0.717) is 37.7 Å². The summed E-state index contributed by atoms with van der Waals surface area (Å²) in [6, 6.07) is 15.3. The molecule has 6 heteroatoms. The normalized spacial score (nSPS) is 20.8. The van der Waals surface area contributed by atoms with Crippen LogP contribution in [0.5, 0.6) is 5.75 Å². The molecular weight excluding hydrogens is 436 g/mol. The fourth-order valence-electron chi connectivity index (χ4n) is 5.04. The van der Waals surface area contributed by atoms with E-state index in [1.54, 1.807) is 0 Å². The van der Waals surface area contributed by atoms with Crippen molar-refractivity contribution in [1.29, 1.82) is 0 Å². The van der Waals surface area contributed by atoms with Crippen molar-refractivity contribution in [3.8, 4) is 5.75 Å². The molecule has 2 aliphatic rings. The number of rotatable bonds is 8. The Morgan fingerprint density at radius 1 is 1.18 bits per heavy atom. The third-order valence-electron chi connectivity index (χ3n) is 6.91. The van der Waals surface area contributed by atoms with Crippen molar-refractivity contribution < 1.29 is 14.3 Å². The molecule has 2 aromatic rings. The molecule has 2 saturated heterocycles. The minimum Gasteiger partial charge on any atom is -0.494 e. The third kappa shape index (κ3) is 6.08. The van der Waals surface area contributed by atoms with E-state index >= 15 is 0 Å². The Bertz CT molecular complexity index is 912. The number of carbonyl (C=O) groups is 1. The first-order valence-electron chi connectivity index (χ1n) is 12.2. The molecule has 178 valence electrons. The molecule has 0 saturated carbocycles. The molecule has 1 atom stereocenters. The fourth-order valence-corrected chi connectivity index (χ4v) is 5.36. The molecule has 0 radical (unpaired) electrons. The van der Waals surface area contributed by atoms with Crippen molar-refractivity contribution in [1.82, 2.24) is 4.90 Å². The summed E-state index contributed by atoms with van der Waals surface area (Å²) in [7, 11) is 0. The number of hydrogen-bond donors (Lipinski definition) is 1. The second-order valence-electron chi connectivity index (χ2n) is 9.40. The number of likely N-dealkylation sites (tertiary alicyclic amines) is 1. The fraction of sp³-hybridized carbons (Fsp3) is 0.519. The maximum Gasteiger partial charge on any atom is 0.235 e. The summed E-state index contributed by atoms with van der Waals surface area (Å²) in [5.41, 5.74) is 0.945. The van der Waals surface area contributed by atoms with Gasteiger partial charge in [-0.2, -0.15) is 0 Å². The van der Waals surface area contributed by atoms with E-state index in [2.05, 4.69) is 17.1 Å². The van der Waals surface area contributed by atoms with Gasteiger partial charge in [0.15, 0.2) is 0 Å². The van der Waals surface area contributed by atoms with Crippen molar-refractivity contribution in [2.45, 2.75) is 44.4 Å². The van der Waals surface area contributed by atoms with Crippen LogP contribution >= 0.6 is 11.6 Å². The topological polar surface area (TPSA) is 50.8 Å². The van der Waals surface area contributed by atoms with Gasteiger partial charge in [0.1, 0.15) is 5.75 Å². The number of piperidine rings is 1. The molecule has 2 aliphatic heterocycles. The first-order chi connectivity index (χ1) is 16.1. The lowest BCUT2D eigenvalue weighted by atomic mass is 9.73. The molecule has 0 aromatic heterocycles. The van der Waals surface area contributed by atoms with Crippen LogP contribution in [0.2, 0.25) is 5.02 Å². The van der Waals surface area contributed by atoms with Crippen LogP contribution in [-0.4, -0.2) is 50.3 Å². The van der Waals surface area contributed by atoms with E-state index in [-0.39, 0.29) is 5.91 Å². The smallest absolute Gasteiger partial charge is 0.235 e. The molecule has 2 aromatic carbocycles. The molecule has 4 rings (SSSR count). The lowest BCUT2D eigenvalue weighted by molar-refractivity contribution is -0.125. The molecule has 0 unspecified atom stereocenters. The first-order valence-corrected chi connectivity index (χ1v) is 12.5. The molecule has 1 amide bonds. The van der Waals surface area contributed by atoms with Crippen molar-refractivity contribution in [2.75, 3.05) is 44.8 Å². The van der Waals surface area contributed by atoms with Crippen LogP contribution < -0.4 is 10.1 Å². The largest absolute Gasteiger partial charge is 0.494 e. The number of halogens is 1. The molecule has 2 fully saturated rings. The number of benzene rings is 2. The van der Waals surface area contributed by atoms with Gasteiger partial charge in [-0.3, -0.25) is 4.79 Å². The van der Waals surface area contributed by atoms with Crippen molar-refractivity contribution in [2.24, 2.45) is 5.92 Å². The Morgan fingerprint density at radius 2 is 1.94 bits per heavy atom. The lowest BCUT2D eigenvalue weighted by Crippen LogP contribution is -2.45. The van der Waals surface area contributed by atoms with E-state index in [4.69, 9.17) is 21.1 Å². The van der Waals surface area contributed by atoms with E-state index in [0.717, 1.165) is 35.9 Å². The standard InChI is InChI=1S/C27H35ClN2O3/c1-21-6-4-15-30(20-21)16-5-17-33-23-11-9-22(10-12-23)29-26(31)27(13-18-32-19-14-27)24-7-2-3-8-25(24)28/h2-3,7-12,21H,4-6,13-20H2,1H3,(H,29,31)/t21-/m0/s1. The van der Waals surface area contributed by atoms with E-state index < -0.39 is 5.41 Å². The minimum atomic E-state index is -0.683. The number of hydrogen-bond acceptors (Lipinski definition) is 4. The zero-order chi connectivity index (χ0) is 23.1. The van der Waals surface area contributed by atoms with Crippen LogP contribution in [-0.2, 0) is 14.9 Å². The van der Waals surface area contributed by atoms with Gasteiger partial charge >= 0.3 is 0 Å². The van der Waals surface area contributed by atoms with Crippen LogP contribution in [0.15, 0.2) is 48.5 Å². The highest BCUT2D eigenvalue weighted by Gasteiger charge is 2.43. The highest BCUT2D eigenvalue weighted by atomic mass is 35.5. The van der Waals surface area contributed by atoms with Crippen LogP contribution in [0.3, 0.4) is 0 Å². The van der Waals surface area contributed by atoms with Gasteiger partial charge in [-0.15, -0.1) is 0 Å². The van der Waals surface area contributed by atoms with Gasteiger partial charge in [-0.25, -0.2) is 0 Å². The highest BCUT2D eigenvalue weighted by Crippen LogP contribution is 2.39. The van der Waals surface area contributed by atoms with Crippen LogP contribution in [0.1, 0.15) is 44.6 Å². The Hall–Kier alpha value is -2.08. The molecule has 0 spiro atoms. The molecule has 0 bridgehead atoms. The van der Waals surface area contributed by atoms with Crippen molar-refractivity contribution in [3.05, 3.63) is 59.1 Å². The zero-order valence-corrected chi connectivity index (χ0v) is 20.3. The predicted octanol–water partition coefficient (Wildman–Crippen LogP) is 5.53. The number of nitrogens with one attached hydrogen (secondary N) is 1. The summed E-state index contributed by atoms with van der Waals surface area (Å²) in [6.45, 7) is 7.63. The maximum absolute atomic E-state index is 13.5. The molecule has 2 heterocycles. The summed E-state index contributed by atoms with van der Waals surface area (Å²) in [4.78, 5) is 16.0. The van der Waals surface area contributed by atoms with Crippen molar-refractivity contribution in [3.63, 3.8) is 0 Å². The lowest BCUT2D eigenvalue weighted by Gasteiger charge is -2.36. The Morgan fingerprint density at radius 3 is 2.67 bits per heavy atom. The number of anilines is 1. The quantitative estimate of drug-likeness (QED) is 0.515. The maximum atomic E-state index is 13.5. The minimum absolute atomic E-state index is 0.0386. The van der Waals surface area contributed by atoms with Gasteiger partial charge in [0.05, 0.1) is 12.0 Å². The SMILES string of the molecule is C[C@H]1CCCN(CCCOc2ccc(NC(=O)C3(c4ccccc4Cl)CCOCC3)cc2)C1. The van der Waals surface area contributed by atoms with Gasteiger partial charge in [0.25, 0.3) is 0 Å². The number of ether oxygens (including phenoxy) is 2.